The van der Waals surface area contributed by atoms with Gasteiger partial charge in [0.05, 0.1) is 16.8 Å². The van der Waals surface area contributed by atoms with Crippen LogP contribution in [0.1, 0.15) is 266 Å². The third-order valence-corrected chi connectivity index (χ3v) is 21.2. The SMILES string of the molecule is CC(C)CCC[C@@H](C)[C@H]1CC[C@H]2[C@@H]3CC=C4C[C@@H](OC(=O)NCCC(C)(C)OCCC(C)(C)NC(=O)CCC(C)(C)OCCC(C)(C)NC(=O)CCC(C)(C)OCCC(C)(C)NC(=O)CCN5C(=O)CC(C(C)C)C5=O)CC[C@]4(C)[C@H]3CC[C@]12C. The molecule has 0 aromatic rings. The zero-order chi connectivity index (χ0) is 63.6. The number of ether oxygens (including phenoxy) is 4. The average molecular weight is 1190 g/mol. The fraction of sp³-hybridized carbons (Fsp3) is 0.886. The van der Waals surface area contributed by atoms with E-state index in [1.165, 1.54) is 61.8 Å². The summed E-state index contributed by atoms with van der Waals surface area (Å²) in [4.78, 5) is 78.6. The predicted octanol–water partition coefficient (Wildman–Crippen LogP) is 13.7. The molecule has 0 aromatic carbocycles. The first-order chi connectivity index (χ1) is 39.3. The van der Waals surface area contributed by atoms with Crippen molar-refractivity contribution in [3.05, 3.63) is 11.6 Å². The molecule has 0 aromatic heterocycles. The lowest BCUT2D eigenvalue weighted by Crippen LogP contribution is -2.51. The standard InChI is InChI=1S/C70H123N5O10/c1-47(2)21-20-22-49(5)54-25-26-55-52-24-23-50-45-51(27-34-69(50,18)56(52)28-35-70(54,55)19)85-62(81)71-40-36-68(16,17)84-44-39-64(8,9)73-58(77)30-32-66(12,13)82-42-37-63(6,7)72-57(76)29-33-67(14,15)83-43-38-65(10,11)74-59(78)31-41-75-60(79)46-53(48(3)4)61(75)80/h23,47-49,51-56H,20-22,24-46H2,1-19H3,(H,71,81)(H,72,76)(H,73,77)(H,74,78)/t49-,51+,52+,53?,54-,55+,56+,69+,70-/m1/s1. The summed E-state index contributed by atoms with van der Waals surface area (Å²) >= 11 is 0. The van der Waals surface area contributed by atoms with E-state index in [2.05, 4.69) is 62.0 Å². The van der Waals surface area contributed by atoms with Gasteiger partial charge in [0, 0.05) is 87.5 Å². The zero-order valence-electron chi connectivity index (χ0n) is 57.2. The number of likely N-dealkylation sites (tertiary alicyclic amines) is 1. The molecule has 488 valence electrons. The Morgan fingerprint density at radius 3 is 1.65 bits per heavy atom. The summed E-state index contributed by atoms with van der Waals surface area (Å²) in [5.41, 5.74) is -0.985. The molecule has 1 heterocycles. The van der Waals surface area contributed by atoms with Crippen molar-refractivity contribution in [2.75, 3.05) is 32.9 Å². The van der Waals surface area contributed by atoms with Crippen molar-refractivity contribution in [2.45, 2.75) is 306 Å². The van der Waals surface area contributed by atoms with Gasteiger partial charge in [0.15, 0.2) is 0 Å². The number of imide groups is 1. The highest BCUT2D eigenvalue weighted by Gasteiger charge is 2.59. The summed E-state index contributed by atoms with van der Waals surface area (Å²) in [5, 5.41) is 12.4. The maximum absolute atomic E-state index is 13.2. The highest BCUT2D eigenvalue weighted by atomic mass is 16.6. The topological polar surface area (TPSA) is 191 Å². The van der Waals surface area contributed by atoms with Crippen LogP contribution in [0.25, 0.3) is 0 Å². The first-order valence-corrected chi connectivity index (χ1v) is 33.6. The number of allylic oxidation sites excluding steroid dienone is 1. The van der Waals surface area contributed by atoms with Crippen LogP contribution in [0, 0.1) is 58.2 Å². The van der Waals surface area contributed by atoms with Crippen LogP contribution in [-0.4, -0.2) is 113 Å². The maximum Gasteiger partial charge on any atom is 0.407 e. The number of hydrogen-bond acceptors (Lipinski definition) is 10. The van der Waals surface area contributed by atoms with E-state index in [4.69, 9.17) is 18.9 Å². The number of rotatable bonds is 34. The van der Waals surface area contributed by atoms with Crippen LogP contribution in [0.5, 0.6) is 0 Å². The Morgan fingerprint density at radius 1 is 0.624 bits per heavy atom. The normalized spacial score (nSPS) is 26.2. The Balaban J connectivity index is 0.909. The van der Waals surface area contributed by atoms with Crippen molar-refractivity contribution in [2.24, 2.45) is 58.2 Å². The van der Waals surface area contributed by atoms with Gasteiger partial charge in [0.25, 0.3) is 0 Å². The van der Waals surface area contributed by atoms with Gasteiger partial charge in [-0.3, -0.25) is 28.9 Å². The highest BCUT2D eigenvalue weighted by Crippen LogP contribution is 2.67. The van der Waals surface area contributed by atoms with Crippen LogP contribution < -0.4 is 21.3 Å². The van der Waals surface area contributed by atoms with Gasteiger partial charge in [-0.15, -0.1) is 0 Å². The van der Waals surface area contributed by atoms with Gasteiger partial charge >= 0.3 is 6.09 Å². The molecule has 15 heteroatoms. The lowest BCUT2D eigenvalue weighted by atomic mass is 9.47. The van der Waals surface area contributed by atoms with Crippen molar-refractivity contribution in [3.63, 3.8) is 0 Å². The van der Waals surface area contributed by atoms with Gasteiger partial charge in [-0.25, -0.2) is 4.79 Å². The van der Waals surface area contributed by atoms with Crippen LogP contribution in [0.2, 0.25) is 0 Å². The van der Waals surface area contributed by atoms with Crippen LogP contribution in [-0.2, 0) is 42.9 Å². The van der Waals surface area contributed by atoms with Crippen molar-refractivity contribution < 1.29 is 47.7 Å². The third-order valence-electron chi connectivity index (χ3n) is 21.2. The first-order valence-electron chi connectivity index (χ1n) is 33.6. The molecule has 5 rings (SSSR count). The van der Waals surface area contributed by atoms with Crippen LogP contribution >= 0.6 is 0 Å². The van der Waals surface area contributed by atoms with E-state index in [1.807, 2.05) is 96.9 Å². The van der Waals surface area contributed by atoms with E-state index in [1.54, 1.807) is 0 Å². The van der Waals surface area contributed by atoms with Crippen LogP contribution in [0.15, 0.2) is 11.6 Å². The predicted molar refractivity (Wildman–Crippen MR) is 339 cm³/mol. The lowest BCUT2D eigenvalue weighted by Gasteiger charge is -2.58. The van der Waals surface area contributed by atoms with E-state index in [0.717, 1.165) is 54.8 Å². The van der Waals surface area contributed by atoms with Gasteiger partial charge in [-0.1, -0.05) is 79.4 Å². The number of nitrogens with one attached hydrogen (secondary N) is 4. The Morgan fingerprint density at radius 2 is 1.14 bits per heavy atom. The first kappa shape index (κ1) is 72.2. The summed E-state index contributed by atoms with van der Waals surface area (Å²) in [6.45, 7) is 41.8. The van der Waals surface area contributed by atoms with Crippen molar-refractivity contribution in [1.29, 1.82) is 0 Å². The minimum Gasteiger partial charge on any atom is -0.446 e. The molecule has 5 aliphatic rings. The van der Waals surface area contributed by atoms with E-state index < -0.39 is 33.4 Å². The molecule has 9 atom stereocenters. The minimum atomic E-state index is -0.581. The molecule has 0 spiro atoms. The second kappa shape index (κ2) is 29.8. The number of hydrogen-bond donors (Lipinski definition) is 4. The molecule has 4 N–H and O–H groups in total. The highest BCUT2D eigenvalue weighted by molar-refractivity contribution is 6.03. The lowest BCUT2D eigenvalue weighted by molar-refractivity contribution is -0.140. The molecule has 0 bridgehead atoms. The second-order valence-corrected chi connectivity index (χ2v) is 32.3. The van der Waals surface area contributed by atoms with E-state index >= 15 is 0 Å². The zero-order valence-corrected chi connectivity index (χ0v) is 57.2. The molecule has 85 heavy (non-hydrogen) atoms. The number of carbonyl (C=O) groups is 6. The fourth-order valence-corrected chi connectivity index (χ4v) is 15.4. The summed E-state index contributed by atoms with van der Waals surface area (Å²) in [6, 6.07) is 0. The summed E-state index contributed by atoms with van der Waals surface area (Å²) in [7, 11) is 0. The molecule has 1 unspecified atom stereocenters. The van der Waals surface area contributed by atoms with E-state index in [-0.39, 0.29) is 84.8 Å². The Bertz CT molecular complexity index is 2290. The maximum atomic E-state index is 13.2. The molecule has 4 fully saturated rings. The summed E-state index contributed by atoms with van der Waals surface area (Å²) in [5.74, 6) is 3.82. The second-order valence-electron chi connectivity index (χ2n) is 32.3. The molecular formula is C70H123N5O10. The molecule has 6 amide bonds. The Kier molecular flexibility index (Phi) is 25.3. The van der Waals surface area contributed by atoms with Crippen LogP contribution in [0.4, 0.5) is 4.79 Å². The van der Waals surface area contributed by atoms with Gasteiger partial charge < -0.3 is 40.2 Å². The number of fused-ring (bicyclic) bond motifs is 5. The van der Waals surface area contributed by atoms with E-state index in [9.17, 15) is 28.8 Å². The summed E-state index contributed by atoms with van der Waals surface area (Å²) in [6.07, 6.45) is 20.0. The Labute approximate surface area is 516 Å². The molecule has 1 saturated heterocycles. The van der Waals surface area contributed by atoms with Gasteiger partial charge in [0.1, 0.15) is 6.10 Å². The van der Waals surface area contributed by atoms with Gasteiger partial charge in [-0.05, 0) is 219 Å². The van der Waals surface area contributed by atoms with Crippen LogP contribution in [0.3, 0.4) is 0 Å². The quantitative estimate of drug-likeness (QED) is 0.0356. The smallest absolute Gasteiger partial charge is 0.407 e. The molecular weight excluding hydrogens is 1070 g/mol. The van der Waals surface area contributed by atoms with Crippen molar-refractivity contribution in [1.82, 2.24) is 26.2 Å². The van der Waals surface area contributed by atoms with Crippen molar-refractivity contribution in [3.8, 4) is 0 Å². The molecule has 4 aliphatic carbocycles. The monoisotopic (exact) mass is 1190 g/mol. The number of alkyl carbamates (subject to hydrolysis) is 1. The largest absolute Gasteiger partial charge is 0.446 e. The van der Waals surface area contributed by atoms with E-state index in [0.29, 0.717) is 76.7 Å². The van der Waals surface area contributed by atoms with Gasteiger partial charge in [0.2, 0.25) is 29.5 Å². The number of nitrogens with zero attached hydrogens (tertiary/aromatic N) is 1. The summed E-state index contributed by atoms with van der Waals surface area (Å²) < 4.78 is 24.9. The number of carbonyl (C=O) groups excluding carboxylic acids is 6. The van der Waals surface area contributed by atoms with Gasteiger partial charge in [-0.2, -0.15) is 0 Å². The number of amides is 6. The average Bonchev–Trinajstić information content (AvgIpc) is 1.74. The molecule has 0 radical (unpaired) electrons. The third kappa shape index (κ3) is 21.6. The molecule has 3 saturated carbocycles. The molecule has 1 aliphatic heterocycles. The van der Waals surface area contributed by atoms with Crippen molar-refractivity contribution >= 4 is 35.6 Å². The molecule has 15 nitrogen and oxygen atoms in total. The Hall–Kier alpha value is -3.56. The fourth-order valence-electron chi connectivity index (χ4n) is 15.4. The minimum absolute atomic E-state index is 0.0461.